The van der Waals surface area contributed by atoms with Gasteiger partial charge in [-0.2, -0.15) is 0 Å². The van der Waals surface area contributed by atoms with Crippen LogP contribution >= 0.6 is 0 Å². The number of carbonyl (C=O) groups excluding carboxylic acids is 1. The van der Waals surface area contributed by atoms with Crippen LogP contribution in [0.1, 0.15) is 47.9 Å². The lowest BCUT2D eigenvalue weighted by molar-refractivity contribution is -0.119. The highest BCUT2D eigenvalue weighted by molar-refractivity contribution is 5.83. The van der Waals surface area contributed by atoms with Gasteiger partial charge in [0.15, 0.2) is 0 Å². The summed E-state index contributed by atoms with van der Waals surface area (Å²) in [5.41, 5.74) is 12.5. The minimum absolute atomic E-state index is 0.166. The van der Waals surface area contributed by atoms with Gasteiger partial charge in [0.1, 0.15) is 0 Å². The summed E-state index contributed by atoms with van der Waals surface area (Å²) >= 11 is 0. The molecular formula is C25H30N2O. The number of hydrogen-bond acceptors (Lipinski definition) is 2. The number of hydrogen-bond donors (Lipinski definition) is 1. The van der Waals surface area contributed by atoms with Crippen LogP contribution in [0.15, 0.2) is 54.6 Å². The standard InChI is InChI=1S/C25H30N2O/c26-25(28)17-19-7-5-15-27(18-19)16-6-12-24-22-10-3-1-8-20(22)13-14-21-9-2-4-11-23(21)24/h1-4,8-12,19H,5-7,13-18H2,(H2,26,28)/t19-/m1/s1. The van der Waals surface area contributed by atoms with Gasteiger partial charge in [0, 0.05) is 19.5 Å². The Morgan fingerprint density at radius 2 is 1.68 bits per heavy atom. The maximum absolute atomic E-state index is 11.3. The van der Waals surface area contributed by atoms with Gasteiger partial charge in [-0.15, -0.1) is 0 Å². The molecule has 1 atom stereocenters. The van der Waals surface area contributed by atoms with Crippen molar-refractivity contribution in [3.05, 3.63) is 76.9 Å². The molecule has 0 bridgehead atoms. The van der Waals surface area contributed by atoms with E-state index in [2.05, 4.69) is 59.5 Å². The van der Waals surface area contributed by atoms with Crippen LogP contribution in [0.5, 0.6) is 0 Å². The summed E-state index contributed by atoms with van der Waals surface area (Å²) in [6.07, 6.45) is 8.48. The Labute approximate surface area is 168 Å². The molecule has 1 heterocycles. The average Bonchev–Trinajstić information content (AvgIpc) is 2.85. The molecule has 28 heavy (non-hydrogen) atoms. The Bertz CT molecular complexity index is 821. The number of amides is 1. The maximum Gasteiger partial charge on any atom is 0.217 e. The summed E-state index contributed by atoms with van der Waals surface area (Å²) in [5, 5.41) is 0. The van der Waals surface area contributed by atoms with Crippen molar-refractivity contribution >= 4 is 11.5 Å². The number of rotatable bonds is 5. The van der Waals surface area contributed by atoms with E-state index in [1.807, 2.05) is 0 Å². The molecule has 4 rings (SSSR count). The molecule has 146 valence electrons. The van der Waals surface area contributed by atoms with Crippen LogP contribution in [0.25, 0.3) is 5.57 Å². The number of aryl methyl sites for hydroxylation is 2. The van der Waals surface area contributed by atoms with Crippen molar-refractivity contribution in [3.63, 3.8) is 0 Å². The quantitative estimate of drug-likeness (QED) is 0.853. The summed E-state index contributed by atoms with van der Waals surface area (Å²) in [4.78, 5) is 13.8. The molecule has 1 aliphatic carbocycles. The number of fused-ring (bicyclic) bond motifs is 2. The van der Waals surface area contributed by atoms with Crippen molar-refractivity contribution < 1.29 is 4.79 Å². The summed E-state index contributed by atoms with van der Waals surface area (Å²) in [5.74, 6) is 0.263. The monoisotopic (exact) mass is 374 g/mol. The van der Waals surface area contributed by atoms with Gasteiger partial charge in [-0.3, -0.25) is 4.79 Å². The van der Waals surface area contributed by atoms with Gasteiger partial charge >= 0.3 is 0 Å². The molecule has 0 unspecified atom stereocenters. The third-order valence-electron chi connectivity index (χ3n) is 6.17. The van der Waals surface area contributed by atoms with E-state index in [9.17, 15) is 4.79 Å². The van der Waals surface area contributed by atoms with Crippen LogP contribution in [0.4, 0.5) is 0 Å². The van der Waals surface area contributed by atoms with Gasteiger partial charge in [-0.25, -0.2) is 0 Å². The lowest BCUT2D eigenvalue weighted by Gasteiger charge is -2.32. The first-order valence-electron chi connectivity index (χ1n) is 10.6. The number of carbonyl (C=O) groups is 1. The molecule has 2 aliphatic rings. The number of benzene rings is 2. The fourth-order valence-electron chi connectivity index (χ4n) is 4.83. The fourth-order valence-corrected chi connectivity index (χ4v) is 4.83. The summed E-state index contributed by atoms with van der Waals surface area (Å²) < 4.78 is 0. The highest BCUT2D eigenvalue weighted by Gasteiger charge is 2.21. The first-order chi connectivity index (χ1) is 13.7. The molecule has 1 amide bonds. The predicted molar refractivity (Wildman–Crippen MR) is 115 cm³/mol. The number of piperidine rings is 1. The van der Waals surface area contributed by atoms with Crippen LogP contribution in [0, 0.1) is 5.92 Å². The van der Waals surface area contributed by atoms with E-state index >= 15 is 0 Å². The molecule has 3 nitrogen and oxygen atoms in total. The van der Waals surface area contributed by atoms with Crippen LogP contribution in [0.2, 0.25) is 0 Å². The van der Waals surface area contributed by atoms with E-state index in [-0.39, 0.29) is 5.91 Å². The summed E-state index contributed by atoms with van der Waals surface area (Å²) in [7, 11) is 0. The number of nitrogens with zero attached hydrogens (tertiary/aromatic N) is 1. The third-order valence-corrected chi connectivity index (χ3v) is 6.17. The Hall–Kier alpha value is -2.39. The molecule has 1 fully saturated rings. The normalized spacial score (nSPS) is 19.4. The van der Waals surface area contributed by atoms with Gasteiger partial charge in [0.25, 0.3) is 0 Å². The smallest absolute Gasteiger partial charge is 0.217 e. The van der Waals surface area contributed by atoms with E-state index in [1.54, 1.807) is 0 Å². The molecule has 2 N–H and O–H groups in total. The zero-order valence-corrected chi connectivity index (χ0v) is 16.6. The van der Waals surface area contributed by atoms with Crippen molar-refractivity contribution in [2.45, 2.75) is 38.5 Å². The molecule has 3 heteroatoms. The molecule has 0 radical (unpaired) electrons. The highest BCUT2D eigenvalue weighted by atomic mass is 16.1. The molecule has 0 aromatic heterocycles. The minimum atomic E-state index is -0.166. The maximum atomic E-state index is 11.3. The van der Waals surface area contributed by atoms with Gasteiger partial charge in [-0.1, -0.05) is 54.6 Å². The second-order valence-corrected chi connectivity index (χ2v) is 8.20. The third kappa shape index (κ3) is 4.36. The Morgan fingerprint density at radius 1 is 1.04 bits per heavy atom. The SMILES string of the molecule is NC(=O)C[C@H]1CCCN(CCC=C2c3ccccc3CCc3ccccc32)C1. The van der Waals surface area contributed by atoms with Gasteiger partial charge in [-0.05, 0) is 72.4 Å². The summed E-state index contributed by atoms with van der Waals surface area (Å²) in [6.45, 7) is 3.17. The van der Waals surface area contributed by atoms with Crippen molar-refractivity contribution in [2.75, 3.05) is 19.6 Å². The van der Waals surface area contributed by atoms with Crippen LogP contribution < -0.4 is 5.73 Å². The second-order valence-electron chi connectivity index (χ2n) is 8.20. The average molecular weight is 375 g/mol. The second kappa shape index (κ2) is 8.74. The van der Waals surface area contributed by atoms with Gasteiger partial charge < -0.3 is 10.6 Å². The van der Waals surface area contributed by atoms with Crippen molar-refractivity contribution in [1.29, 1.82) is 0 Å². The Kier molecular flexibility index (Phi) is 5.92. The minimum Gasteiger partial charge on any atom is -0.370 e. The highest BCUT2D eigenvalue weighted by Crippen LogP contribution is 2.33. The van der Waals surface area contributed by atoms with Crippen molar-refractivity contribution in [3.8, 4) is 0 Å². The van der Waals surface area contributed by atoms with E-state index in [1.165, 1.54) is 34.2 Å². The zero-order valence-electron chi connectivity index (χ0n) is 16.6. The molecular weight excluding hydrogens is 344 g/mol. The summed E-state index contributed by atoms with van der Waals surface area (Å²) in [6, 6.07) is 17.7. The number of nitrogens with two attached hydrogens (primary N) is 1. The largest absolute Gasteiger partial charge is 0.370 e. The first-order valence-corrected chi connectivity index (χ1v) is 10.6. The molecule has 1 saturated heterocycles. The predicted octanol–water partition coefficient (Wildman–Crippen LogP) is 4.19. The van der Waals surface area contributed by atoms with Crippen LogP contribution in [-0.2, 0) is 17.6 Å². The van der Waals surface area contributed by atoms with Crippen LogP contribution in [0.3, 0.4) is 0 Å². The molecule has 0 spiro atoms. The van der Waals surface area contributed by atoms with E-state index < -0.39 is 0 Å². The molecule has 2 aromatic rings. The van der Waals surface area contributed by atoms with Gasteiger partial charge in [0.05, 0.1) is 0 Å². The zero-order chi connectivity index (χ0) is 19.3. The van der Waals surface area contributed by atoms with E-state index in [0.29, 0.717) is 12.3 Å². The first kappa shape index (κ1) is 18.9. The number of primary amides is 1. The lowest BCUT2D eigenvalue weighted by Crippen LogP contribution is -2.37. The fraction of sp³-hybridized carbons (Fsp3) is 0.400. The lowest BCUT2D eigenvalue weighted by atomic mass is 9.92. The Balaban J connectivity index is 1.52. The molecule has 2 aromatic carbocycles. The van der Waals surface area contributed by atoms with E-state index in [0.717, 1.165) is 45.3 Å². The van der Waals surface area contributed by atoms with E-state index in [4.69, 9.17) is 5.73 Å². The van der Waals surface area contributed by atoms with Gasteiger partial charge in [0.2, 0.25) is 5.91 Å². The molecule has 0 saturated carbocycles. The Morgan fingerprint density at radius 3 is 2.32 bits per heavy atom. The number of likely N-dealkylation sites (tertiary alicyclic amines) is 1. The van der Waals surface area contributed by atoms with Crippen molar-refractivity contribution in [1.82, 2.24) is 4.90 Å². The topological polar surface area (TPSA) is 46.3 Å². The van der Waals surface area contributed by atoms with Crippen LogP contribution in [-0.4, -0.2) is 30.4 Å². The van der Waals surface area contributed by atoms with Crippen molar-refractivity contribution in [2.24, 2.45) is 11.7 Å². The molecule has 1 aliphatic heterocycles.